The molecule has 0 aliphatic carbocycles. The fraction of sp³-hybridized carbons (Fsp3) is 0. The maximum Gasteiger partial charge on any atom is 0.248 e. The minimum Gasteiger partial charge on any atom is -0.319 e. The minimum atomic E-state index is -0.144. The van der Waals surface area contributed by atoms with E-state index in [4.69, 9.17) is 0 Å². The van der Waals surface area contributed by atoms with E-state index in [0.29, 0.717) is 5.52 Å². The lowest BCUT2D eigenvalue weighted by molar-refractivity contribution is 0.948. The lowest BCUT2D eigenvalue weighted by atomic mass is 10.4. The minimum absolute atomic E-state index is 0.144. The first kappa shape index (κ1) is 8.60. The van der Waals surface area contributed by atoms with Gasteiger partial charge in [0.05, 0.1) is 27.9 Å². The van der Waals surface area contributed by atoms with Crippen molar-refractivity contribution in [3.8, 4) is 0 Å². The van der Waals surface area contributed by atoms with Gasteiger partial charge in [0.1, 0.15) is 0 Å². The summed E-state index contributed by atoms with van der Waals surface area (Å²) in [6.45, 7) is 0. The smallest absolute Gasteiger partial charge is 0.248 e. The van der Waals surface area contributed by atoms with Crippen LogP contribution in [0.3, 0.4) is 0 Å². The number of pyridine rings is 1. The predicted octanol–water partition coefficient (Wildman–Crippen LogP) is 1.33. The Bertz CT molecular complexity index is 715. The first-order valence-corrected chi connectivity index (χ1v) is 5.06. The van der Waals surface area contributed by atoms with Crippen LogP contribution in [0.2, 0.25) is 0 Å². The molecule has 3 heterocycles. The lowest BCUT2D eigenvalue weighted by Crippen LogP contribution is -2.04. The fourth-order valence-corrected chi connectivity index (χ4v) is 1.81. The van der Waals surface area contributed by atoms with E-state index in [2.05, 4.69) is 31.0 Å². The summed E-state index contributed by atoms with van der Waals surface area (Å²) in [4.78, 5) is 18.2. The van der Waals surface area contributed by atoms with Gasteiger partial charge in [-0.15, -0.1) is 0 Å². The van der Waals surface area contributed by atoms with Crippen molar-refractivity contribution >= 4 is 32.6 Å². The predicted molar refractivity (Wildman–Crippen MR) is 58.8 cm³/mol. The van der Waals surface area contributed by atoms with Crippen LogP contribution < -0.4 is 5.56 Å². The Morgan fingerprint density at radius 3 is 3.13 bits per heavy atom. The maximum absolute atomic E-state index is 11.1. The summed E-state index contributed by atoms with van der Waals surface area (Å²) < 4.78 is 2.44. The first-order valence-electron chi connectivity index (χ1n) is 4.27. The second-order valence-electron chi connectivity index (χ2n) is 3.12. The molecule has 15 heavy (non-hydrogen) atoms. The number of rotatable bonds is 0. The van der Waals surface area contributed by atoms with Gasteiger partial charge in [0.15, 0.2) is 5.65 Å². The Morgan fingerprint density at radius 1 is 1.40 bits per heavy atom. The molecule has 0 saturated carbocycles. The molecule has 0 radical (unpaired) electrons. The van der Waals surface area contributed by atoms with Gasteiger partial charge in [-0.3, -0.25) is 4.79 Å². The van der Waals surface area contributed by atoms with Gasteiger partial charge < -0.3 is 4.98 Å². The van der Waals surface area contributed by atoms with Crippen LogP contribution >= 0.6 is 15.9 Å². The number of halogens is 1. The summed E-state index contributed by atoms with van der Waals surface area (Å²) in [5.41, 5.74) is 2.00. The Balaban J connectivity index is 2.54. The van der Waals surface area contributed by atoms with Crippen LogP contribution in [0.4, 0.5) is 0 Å². The van der Waals surface area contributed by atoms with Crippen molar-refractivity contribution in [1.29, 1.82) is 0 Å². The first-order chi connectivity index (χ1) is 7.24. The van der Waals surface area contributed by atoms with Crippen LogP contribution in [0.25, 0.3) is 16.7 Å². The normalized spacial score (nSPS) is 11.3. The quantitative estimate of drug-likeness (QED) is 0.667. The molecule has 0 spiro atoms. The molecule has 0 unspecified atom stereocenters. The van der Waals surface area contributed by atoms with Crippen molar-refractivity contribution in [3.63, 3.8) is 0 Å². The highest BCUT2D eigenvalue weighted by atomic mass is 79.9. The number of H-pyrrole nitrogens is 1. The molecular weight excluding hydrogens is 260 g/mol. The second kappa shape index (κ2) is 2.90. The number of aromatic amines is 1. The van der Waals surface area contributed by atoms with Crippen LogP contribution in [-0.2, 0) is 0 Å². The van der Waals surface area contributed by atoms with Crippen molar-refractivity contribution in [1.82, 2.24) is 19.6 Å². The SMILES string of the molecule is O=c1ccc2nc3c(Br)cnn3cc2[nH]1. The maximum atomic E-state index is 11.1. The zero-order chi connectivity index (χ0) is 10.4. The Labute approximate surface area is 91.9 Å². The zero-order valence-electron chi connectivity index (χ0n) is 7.44. The molecule has 3 aromatic rings. The molecule has 6 heteroatoms. The third-order valence-electron chi connectivity index (χ3n) is 2.13. The van der Waals surface area contributed by atoms with E-state index in [1.54, 1.807) is 23.0 Å². The molecule has 0 aliphatic heterocycles. The molecule has 0 saturated heterocycles. The highest BCUT2D eigenvalue weighted by molar-refractivity contribution is 9.10. The van der Waals surface area contributed by atoms with Gasteiger partial charge in [-0.25, -0.2) is 9.50 Å². The molecular formula is C9H5BrN4O. The van der Waals surface area contributed by atoms with Crippen molar-refractivity contribution in [2.45, 2.75) is 0 Å². The zero-order valence-corrected chi connectivity index (χ0v) is 9.02. The van der Waals surface area contributed by atoms with Crippen molar-refractivity contribution < 1.29 is 0 Å². The number of fused-ring (bicyclic) bond motifs is 2. The molecule has 5 nitrogen and oxygen atoms in total. The van der Waals surface area contributed by atoms with Gasteiger partial charge in [-0.2, -0.15) is 5.10 Å². The molecule has 0 bridgehead atoms. The summed E-state index contributed by atoms with van der Waals surface area (Å²) in [5, 5.41) is 4.08. The van der Waals surface area contributed by atoms with Gasteiger partial charge in [0.25, 0.3) is 0 Å². The second-order valence-corrected chi connectivity index (χ2v) is 3.98. The van der Waals surface area contributed by atoms with E-state index in [0.717, 1.165) is 15.6 Å². The van der Waals surface area contributed by atoms with E-state index in [1.807, 2.05) is 0 Å². The molecule has 0 aliphatic rings. The van der Waals surface area contributed by atoms with Crippen LogP contribution in [0.1, 0.15) is 0 Å². The third-order valence-corrected chi connectivity index (χ3v) is 2.69. The summed E-state index contributed by atoms with van der Waals surface area (Å²) in [7, 11) is 0. The lowest BCUT2D eigenvalue weighted by Gasteiger charge is -1.97. The molecule has 1 N–H and O–H groups in total. The van der Waals surface area contributed by atoms with Gasteiger partial charge in [-0.1, -0.05) is 0 Å². The average Bonchev–Trinajstić information content (AvgIpc) is 2.57. The highest BCUT2D eigenvalue weighted by Gasteiger charge is 2.04. The van der Waals surface area contributed by atoms with Crippen LogP contribution in [0.15, 0.2) is 33.8 Å². The Kier molecular flexibility index (Phi) is 1.66. The topological polar surface area (TPSA) is 63.1 Å². The molecule has 74 valence electrons. The highest BCUT2D eigenvalue weighted by Crippen LogP contribution is 2.17. The monoisotopic (exact) mass is 264 g/mol. The van der Waals surface area contributed by atoms with Gasteiger partial charge in [0, 0.05) is 6.07 Å². The number of hydrogen-bond acceptors (Lipinski definition) is 3. The summed E-state index contributed by atoms with van der Waals surface area (Å²) in [5.74, 6) is 0. The summed E-state index contributed by atoms with van der Waals surface area (Å²) in [6, 6.07) is 3.14. The molecule has 0 amide bonds. The Hall–Kier alpha value is -1.69. The molecule has 0 atom stereocenters. The summed E-state index contributed by atoms with van der Waals surface area (Å²) >= 11 is 3.35. The molecule has 0 fully saturated rings. The van der Waals surface area contributed by atoms with Crippen LogP contribution in [0, 0.1) is 0 Å². The van der Waals surface area contributed by atoms with Gasteiger partial charge >= 0.3 is 0 Å². The van der Waals surface area contributed by atoms with Gasteiger partial charge in [-0.05, 0) is 22.0 Å². The number of nitrogens with one attached hydrogen (secondary N) is 1. The standard InChI is InChI=1S/C9H5BrN4O/c10-5-3-11-14-4-7-6(13-9(5)14)1-2-8(15)12-7/h1-4H,(H,12,15). The van der Waals surface area contributed by atoms with Crippen LogP contribution in [0.5, 0.6) is 0 Å². The largest absolute Gasteiger partial charge is 0.319 e. The molecule has 3 aromatic heterocycles. The van der Waals surface area contributed by atoms with E-state index < -0.39 is 0 Å². The van der Waals surface area contributed by atoms with E-state index >= 15 is 0 Å². The van der Waals surface area contributed by atoms with Crippen LogP contribution in [-0.4, -0.2) is 19.6 Å². The van der Waals surface area contributed by atoms with Crippen molar-refractivity contribution in [2.24, 2.45) is 0 Å². The van der Waals surface area contributed by atoms with Gasteiger partial charge in [0.2, 0.25) is 5.56 Å². The third kappa shape index (κ3) is 1.25. The van der Waals surface area contributed by atoms with E-state index in [1.165, 1.54) is 6.07 Å². The van der Waals surface area contributed by atoms with Crippen molar-refractivity contribution in [3.05, 3.63) is 39.4 Å². The number of nitrogens with zero attached hydrogens (tertiary/aromatic N) is 3. The average molecular weight is 265 g/mol. The number of hydrogen-bond donors (Lipinski definition) is 1. The van der Waals surface area contributed by atoms with E-state index in [-0.39, 0.29) is 5.56 Å². The fourth-order valence-electron chi connectivity index (χ4n) is 1.45. The molecule has 0 aromatic carbocycles. The molecule has 3 rings (SSSR count). The van der Waals surface area contributed by atoms with Crippen molar-refractivity contribution in [2.75, 3.05) is 0 Å². The number of aromatic nitrogens is 4. The Morgan fingerprint density at radius 2 is 2.27 bits per heavy atom. The van der Waals surface area contributed by atoms with E-state index in [9.17, 15) is 4.79 Å². The summed E-state index contributed by atoms with van der Waals surface area (Å²) in [6.07, 6.45) is 3.41.